The van der Waals surface area contributed by atoms with Crippen molar-refractivity contribution in [3.63, 3.8) is 0 Å². The Morgan fingerprint density at radius 3 is 2.82 bits per heavy atom. The molecule has 1 aliphatic heterocycles. The van der Waals surface area contributed by atoms with Gasteiger partial charge in [0.15, 0.2) is 5.82 Å². The lowest BCUT2D eigenvalue weighted by Gasteiger charge is -2.05. The van der Waals surface area contributed by atoms with Crippen LogP contribution in [-0.4, -0.2) is 27.5 Å². The molecule has 22 heavy (non-hydrogen) atoms. The summed E-state index contributed by atoms with van der Waals surface area (Å²) in [5.41, 5.74) is 8.34. The summed E-state index contributed by atoms with van der Waals surface area (Å²) in [7, 11) is 0. The normalized spacial score (nSPS) is 17.0. The van der Waals surface area contributed by atoms with E-state index in [9.17, 15) is 4.79 Å². The average Bonchev–Trinajstić information content (AvgIpc) is 3.25. The molecule has 1 aromatic heterocycles. The first kappa shape index (κ1) is 13.2. The molecule has 0 bridgehead atoms. The summed E-state index contributed by atoms with van der Waals surface area (Å²) < 4.78 is 0. The second-order valence-electron chi connectivity index (χ2n) is 5.39. The lowest BCUT2D eigenvalue weighted by atomic mass is 10.1. The van der Waals surface area contributed by atoms with E-state index in [1.807, 2.05) is 35.2 Å². The van der Waals surface area contributed by atoms with Crippen LogP contribution in [0.5, 0.6) is 0 Å². The molecule has 0 saturated carbocycles. The van der Waals surface area contributed by atoms with Crippen LogP contribution in [0.2, 0.25) is 5.02 Å². The smallest absolute Gasteiger partial charge is 0.254 e. The molecule has 6 heteroatoms. The molecule has 1 unspecified atom stereocenters. The molecular weight excluding hydrogens is 300 g/mol. The van der Waals surface area contributed by atoms with E-state index in [0.717, 1.165) is 23.0 Å². The van der Waals surface area contributed by atoms with Gasteiger partial charge < -0.3 is 10.6 Å². The van der Waals surface area contributed by atoms with Crippen LogP contribution in [0.25, 0.3) is 10.9 Å². The minimum atomic E-state index is 0.00227. The lowest BCUT2D eigenvalue weighted by Crippen LogP contribution is -2.11. The van der Waals surface area contributed by atoms with Gasteiger partial charge in [0.2, 0.25) is 0 Å². The Bertz CT molecular complexity index is 871. The molecule has 1 atom stereocenters. The third-order valence-corrected chi connectivity index (χ3v) is 4.22. The van der Waals surface area contributed by atoms with E-state index in [-0.39, 0.29) is 11.9 Å². The second kappa shape index (κ2) is 4.74. The summed E-state index contributed by atoms with van der Waals surface area (Å²) in [6.07, 6.45) is 0. The highest BCUT2D eigenvalue weighted by Gasteiger charge is 2.39. The highest BCUT2D eigenvalue weighted by molar-refractivity contribution is 6.30. The van der Waals surface area contributed by atoms with Gasteiger partial charge in [0.25, 0.3) is 5.91 Å². The number of nitrogen functional groups attached to an aromatic ring is 1. The number of fused-ring (bicyclic) bond motifs is 1. The first-order valence-corrected chi connectivity index (χ1v) is 7.31. The SMILES string of the molecule is Nc1n[nH]c2ccc(C(=O)N3CC3c3ccc(Cl)cc3)cc12. The molecule has 0 spiro atoms. The van der Waals surface area contributed by atoms with Crippen molar-refractivity contribution in [2.45, 2.75) is 6.04 Å². The van der Waals surface area contributed by atoms with Gasteiger partial charge in [-0.3, -0.25) is 9.89 Å². The fourth-order valence-corrected chi connectivity index (χ4v) is 2.79. The van der Waals surface area contributed by atoms with Crippen molar-refractivity contribution < 1.29 is 4.79 Å². The predicted octanol–water partition coefficient (Wildman–Crippen LogP) is 3.00. The van der Waals surface area contributed by atoms with Crippen molar-refractivity contribution in [3.05, 3.63) is 58.6 Å². The van der Waals surface area contributed by atoms with Crippen molar-refractivity contribution >= 4 is 34.2 Å². The Kier molecular flexibility index (Phi) is 2.84. The largest absolute Gasteiger partial charge is 0.382 e. The van der Waals surface area contributed by atoms with Gasteiger partial charge in [0, 0.05) is 22.5 Å². The number of nitrogens with zero attached hydrogens (tertiary/aromatic N) is 2. The molecule has 2 heterocycles. The highest BCUT2D eigenvalue weighted by atomic mass is 35.5. The van der Waals surface area contributed by atoms with Crippen molar-refractivity contribution in [1.29, 1.82) is 0 Å². The van der Waals surface area contributed by atoms with Crippen molar-refractivity contribution in [2.24, 2.45) is 0 Å². The van der Waals surface area contributed by atoms with Crippen LogP contribution < -0.4 is 5.73 Å². The molecule has 2 aromatic carbocycles. The number of amides is 1. The quantitative estimate of drug-likeness (QED) is 0.714. The third-order valence-electron chi connectivity index (χ3n) is 3.97. The van der Waals surface area contributed by atoms with E-state index in [2.05, 4.69) is 10.2 Å². The van der Waals surface area contributed by atoms with Crippen molar-refractivity contribution in [3.8, 4) is 0 Å². The number of H-pyrrole nitrogens is 1. The van der Waals surface area contributed by atoms with Gasteiger partial charge in [-0.25, -0.2) is 0 Å². The summed E-state index contributed by atoms with van der Waals surface area (Å²) in [5, 5.41) is 8.24. The zero-order chi connectivity index (χ0) is 15.3. The number of carbonyl (C=O) groups excluding carboxylic acids is 1. The number of rotatable bonds is 2. The fraction of sp³-hybridized carbons (Fsp3) is 0.125. The highest BCUT2D eigenvalue weighted by Crippen LogP contribution is 2.37. The maximum absolute atomic E-state index is 12.6. The summed E-state index contributed by atoms with van der Waals surface area (Å²) in [5.74, 6) is 0.409. The lowest BCUT2D eigenvalue weighted by molar-refractivity contribution is 0.0874. The second-order valence-corrected chi connectivity index (χ2v) is 5.83. The molecule has 3 aromatic rings. The number of halogens is 1. The van der Waals surface area contributed by atoms with E-state index in [0.29, 0.717) is 16.4 Å². The number of nitrogens with one attached hydrogen (secondary N) is 1. The minimum absolute atomic E-state index is 0.00227. The minimum Gasteiger partial charge on any atom is -0.382 e. The number of benzene rings is 2. The van der Waals surface area contributed by atoms with E-state index < -0.39 is 0 Å². The van der Waals surface area contributed by atoms with Gasteiger partial charge in [-0.05, 0) is 35.9 Å². The van der Waals surface area contributed by atoms with Crippen LogP contribution in [0.4, 0.5) is 5.82 Å². The fourth-order valence-electron chi connectivity index (χ4n) is 2.67. The Balaban J connectivity index is 1.59. The Morgan fingerprint density at radius 1 is 1.27 bits per heavy atom. The molecule has 0 radical (unpaired) electrons. The van der Waals surface area contributed by atoms with E-state index in [1.54, 1.807) is 12.1 Å². The molecule has 5 nitrogen and oxygen atoms in total. The van der Waals surface area contributed by atoms with E-state index in [4.69, 9.17) is 17.3 Å². The van der Waals surface area contributed by atoms with Crippen LogP contribution in [0, 0.1) is 0 Å². The number of aromatic nitrogens is 2. The van der Waals surface area contributed by atoms with Gasteiger partial charge in [-0.2, -0.15) is 5.10 Å². The number of aromatic amines is 1. The summed E-state index contributed by atoms with van der Waals surface area (Å²) in [6.45, 7) is 0.722. The maximum atomic E-state index is 12.6. The monoisotopic (exact) mass is 312 g/mol. The van der Waals surface area contributed by atoms with Gasteiger partial charge in [-0.1, -0.05) is 23.7 Å². The van der Waals surface area contributed by atoms with Gasteiger partial charge >= 0.3 is 0 Å². The van der Waals surface area contributed by atoms with Gasteiger partial charge in [0.05, 0.1) is 11.6 Å². The molecule has 1 aliphatic rings. The van der Waals surface area contributed by atoms with Crippen molar-refractivity contribution in [1.82, 2.24) is 15.1 Å². The van der Waals surface area contributed by atoms with E-state index in [1.165, 1.54) is 0 Å². The Labute approximate surface area is 131 Å². The number of anilines is 1. The van der Waals surface area contributed by atoms with E-state index >= 15 is 0 Å². The number of nitrogens with two attached hydrogens (primary N) is 1. The van der Waals surface area contributed by atoms with Crippen LogP contribution in [0.15, 0.2) is 42.5 Å². The molecule has 110 valence electrons. The van der Waals surface area contributed by atoms with Crippen molar-refractivity contribution in [2.75, 3.05) is 12.3 Å². The molecule has 4 rings (SSSR count). The standard InChI is InChI=1S/C16H13ClN4O/c17-11-4-1-9(2-5-11)14-8-21(14)16(22)10-3-6-13-12(7-10)15(18)20-19-13/h1-7,14H,8H2,(H3,18,19,20). The van der Waals surface area contributed by atoms with Gasteiger partial charge in [0.1, 0.15) is 0 Å². The third kappa shape index (κ3) is 2.10. The first-order chi connectivity index (χ1) is 10.6. The Hall–Kier alpha value is -2.53. The zero-order valence-electron chi connectivity index (χ0n) is 11.6. The number of carbonyl (C=O) groups is 1. The summed E-state index contributed by atoms with van der Waals surface area (Å²) >= 11 is 5.89. The zero-order valence-corrected chi connectivity index (χ0v) is 12.3. The summed E-state index contributed by atoms with van der Waals surface area (Å²) in [6, 6.07) is 13.1. The average molecular weight is 313 g/mol. The van der Waals surface area contributed by atoms with Crippen LogP contribution in [-0.2, 0) is 0 Å². The molecular formula is C16H13ClN4O. The molecule has 0 aliphatic carbocycles. The number of hydrogen-bond donors (Lipinski definition) is 2. The molecule has 1 fully saturated rings. The predicted molar refractivity (Wildman–Crippen MR) is 85.7 cm³/mol. The van der Waals surface area contributed by atoms with Gasteiger partial charge in [-0.15, -0.1) is 0 Å². The van der Waals surface area contributed by atoms with Crippen LogP contribution >= 0.6 is 11.6 Å². The topological polar surface area (TPSA) is 74.8 Å². The maximum Gasteiger partial charge on any atom is 0.254 e. The first-order valence-electron chi connectivity index (χ1n) is 6.93. The Morgan fingerprint density at radius 2 is 2.05 bits per heavy atom. The molecule has 3 N–H and O–H groups in total. The van der Waals surface area contributed by atoms with Crippen LogP contribution in [0.3, 0.4) is 0 Å². The van der Waals surface area contributed by atoms with Crippen LogP contribution in [0.1, 0.15) is 22.0 Å². The molecule has 1 saturated heterocycles. The summed E-state index contributed by atoms with van der Waals surface area (Å²) in [4.78, 5) is 14.4. The molecule has 1 amide bonds. The number of hydrogen-bond acceptors (Lipinski definition) is 3.